The zero-order valence-electron chi connectivity index (χ0n) is 24.8. The first-order valence-electron chi connectivity index (χ1n) is 15.4. The molecule has 0 radical (unpaired) electrons. The number of phenolic OH excluding ortho intramolecular Hbond substituents is 2. The van der Waals surface area contributed by atoms with Crippen molar-refractivity contribution in [1.82, 2.24) is 0 Å². The van der Waals surface area contributed by atoms with Crippen molar-refractivity contribution in [3.63, 3.8) is 0 Å². The predicted octanol–water partition coefficient (Wildman–Crippen LogP) is 10.8. The van der Waals surface area contributed by atoms with Gasteiger partial charge in [-0.3, -0.25) is 0 Å². The molecule has 0 fully saturated rings. The van der Waals surface area contributed by atoms with Gasteiger partial charge in [0.1, 0.15) is 11.5 Å². The Labute approximate surface area is 228 Å². The van der Waals surface area contributed by atoms with E-state index in [-0.39, 0.29) is 0 Å². The van der Waals surface area contributed by atoms with Gasteiger partial charge in [0.15, 0.2) is 0 Å². The van der Waals surface area contributed by atoms with Crippen LogP contribution in [0.15, 0.2) is 48.5 Å². The largest absolute Gasteiger partial charge is 0.508 e. The van der Waals surface area contributed by atoms with Gasteiger partial charge in [-0.15, -0.1) is 0 Å². The molecule has 0 aliphatic rings. The van der Waals surface area contributed by atoms with E-state index in [4.69, 9.17) is 0 Å². The van der Waals surface area contributed by atoms with Gasteiger partial charge in [-0.05, 0) is 83.7 Å². The second-order valence-electron chi connectivity index (χ2n) is 11.7. The van der Waals surface area contributed by atoms with Crippen LogP contribution in [0.4, 0.5) is 0 Å². The quantitative estimate of drug-likeness (QED) is 0.197. The number of phenols is 2. The SMILES string of the molecule is CCCCCCCCC(CC(CC)C(c1ccc(O)cc1)C(C)CC)C(c1ccc(O)cc1)C(C)CC. The van der Waals surface area contributed by atoms with Crippen LogP contribution in [0.25, 0.3) is 0 Å². The molecule has 2 nitrogen and oxygen atoms in total. The van der Waals surface area contributed by atoms with Gasteiger partial charge in [0, 0.05) is 0 Å². The highest BCUT2D eigenvalue weighted by Crippen LogP contribution is 2.46. The number of hydrogen-bond acceptors (Lipinski definition) is 2. The summed E-state index contributed by atoms with van der Waals surface area (Å²) in [5, 5.41) is 19.9. The van der Waals surface area contributed by atoms with Crippen LogP contribution in [0, 0.1) is 23.7 Å². The molecule has 0 spiro atoms. The highest BCUT2D eigenvalue weighted by Gasteiger charge is 2.33. The molecule has 0 saturated heterocycles. The van der Waals surface area contributed by atoms with Crippen molar-refractivity contribution in [2.75, 3.05) is 0 Å². The van der Waals surface area contributed by atoms with E-state index in [1.54, 1.807) is 0 Å². The lowest BCUT2D eigenvalue weighted by Gasteiger charge is -2.38. The average Bonchev–Trinajstić information content (AvgIpc) is 2.91. The second-order valence-corrected chi connectivity index (χ2v) is 11.7. The van der Waals surface area contributed by atoms with Gasteiger partial charge < -0.3 is 10.2 Å². The Morgan fingerprint density at radius 3 is 1.41 bits per heavy atom. The van der Waals surface area contributed by atoms with E-state index in [0.717, 1.165) is 6.42 Å². The summed E-state index contributed by atoms with van der Waals surface area (Å²) in [5.41, 5.74) is 2.77. The molecular weight excluding hydrogens is 452 g/mol. The molecule has 37 heavy (non-hydrogen) atoms. The van der Waals surface area contributed by atoms with Crippen LogP contribution < -0.4 is 0 Å². The summed E-state index contributed by atoms with van der Waals surface area (Å²) in [6.45, 7) is 14.2. The molecule has 208 valence electrons. The summed E-state index contributed by atoms with van der Waals surface area (Å²) in [5.74, 6) is 4.14. The predicted molar refractivity (Wildman–Crippen MR) is 160 cm³/mol. The Hall–Kier alpha value is -1.96. The van der Waals surface area contributed by atoms with Crippen molar-refractivity contribution >= 4 is 0 Å². The van der Waals surface area contributed by atoms with Crippen molar-refractivity contribution in [1.29, 1.82) is 0 Å². The van der Waals surface area contributed by atoms with Gasteiger partial charge >= 0.3 is 0 Å². The molecule has 6 unspecified atom stereocenters. The van der Waals surface area contributed by atoms with Crippen molar-refractivity contribution in [2.45, 2.75) is 124 Å². The van der Waals surface area contributed by atoms with Gasteiger partial charge in [-0.2, -0.15) is 0 Å². The lowest BCUT2D eigenvalue weighted by molar-refractivity contribution is 0.201. The maximum Gasteiger partial charge on any atom is 0.115 e. The minimum atomic E-state index is 0.352. The molecule has 2 rings (SSSR count). The third kappa shape index (κ3) is 9.69. The van der Waals surface area contributed by atoms with Crippen LogP contribution in [0.3, 0.4) is 0 Å². The normalized spacial score (nSPS) is 16.6. The highest BCUT2D eigenvalue weighted by atomic mass is 16.3. The third-order valence-corrected chi connectivity index (χ3v) is 9.14. The monoisotopic (exact) mass is 508 g/mol. The number of aromatic hydroxyl groups is 2. The molecule has 0 aliphatic carbocycles. The van der Waals surface area contributed by atoms with Crippen molar-refractivity contribution in [2.24, 2.45) is 23.7 Å². The molecule has 0 amide bonds. The highest BCUT2D eigenvalue weighted by molar-refractivity contribution is 5.30. The van der Waals surface area contributed by atoms with Gasteiger partial charge in [0.2, 0.25) is 0 Å². The molecule has 0 aromatic heterocycles. The fraction of sp³-hybridized carbons (Fsp3) is 0.657. The van der Waals surface area contributed by atoms with Crippen LogP contribution in [0.5, 0.6) is 11.5 Å². The van der Waals surface area contributed by atoms with Gasteiger partial charge in [0.05, 0.1) is 0 Å². The fourth-order valence-corrected chi connectivity index (χ4v) is 6.62. The smallest absolute Gasteiger partial charge is 0.115 e. The van der Waals surface area contributed by atoms with Crippen LogP contribution in [-0.2, 0) is 0 Å². The number of hydrogen-bond donors (Lipinski definition) is 2. The van der Waals surface area contributed by atoms with Crippen LogP contribution in [0.1, 0.15) is 135 Å². The third-order valence-electron chi connectivity index (χ3n) is 9.14. The molecule has 0 heterocycles. The maximum absolute atomic E-state index is 9.99. The minimum Gasteiger partial charge on any atom is -0.508 e. The van der Waals surface area contributed by atoms with E-state index in [1.807, 2.05) is 24.3 Å². The van der Waals surface area contributed by atoms with Crippen LogP contribution in [0.2, 0.25) is 0 Å². The first kappa shape index (κ1) is 31.3. The molecular formula is C35H56O2. The molecule has 2 heteroatoms. The van der Waals surface area contributed by atoms with Crippen LogP contribution in [-0.4, -0.2) is 10.2 Å². The zero-order chi connectivity index (χ0) is 27.2. The number of benzene rings is 2. The molecule has 2 aromatic rings. The van der Waals surface area contributed by atoms with E-state index in [9.17, 15) is 10.2 Å². The standard InChI is InChI=1S/C35H56O2/c1-7-11-12-13-14-15-16-31(35(27(6)9-3)30-19-23-33(37)24-20-30)25-28(10-4)34(26(5)8-2)29-17-21-32(36)22-18-29/h17-24,26-28,31,34-37H,7-16,25H2,1-6H3. The van der Waals surface area contributed by atoms with Crippen molar-refractivity contribution in [3.05, 3.63) is 59.7 Å². The lowest BCUT2D eigenvalue weighted by atomic mass is 9.66. The first-order valence-corrected chi connectivity index (χ1v) is 15.4. The second kappa shape index (κ2) is 16.8. The maximum atomic E-state index is 9.99. The first-order chi connectivity index (χ1) is 17.9. The summed E-state index contributed by atoms with van der Waals surface area (Å²) in [6, 6.07) is 16.1. The molecule has 2 N–H and O–H groups in total. The van der Waals surface area contributed by atoms with E-state index in [0.29, 0.717) is 47.0 Å². The molecule has 0 bridgehead atoms. The van der Waals surface area contributed by atoms with Crippen LogP contribution >= 0.6 is 0 Å². The molecule has 0 aliphatic heterocycles. The molecule has 2 aromatic carbocycles. The van der Waals surface area contributed by atoms with E-state index >= 15 is 0 Å². The van der Waals surface area contributed by atoms with E-state index < -0.39 is 0 Å². The summed E-state index contributed by atoms with van der Waals surface area (Å²) in [4.78, 5) is 0. The summed E-state index contributed by atoms with van der Waals surface area (Å²) in [7, 11) is 0. The topological polar surface area (TPSA) is 40.5 Å². The summed E-state index contributed by atoms with van der Waals surface area (Å²) < 4.78 is 0. The molecule has 6 atom stereocenters. The number of unbranched alkanes of at least 4 members (excludes halogenated alkanes) is 5. The zero-order valence-corrected chi connectivity index (χ0v) is 24.8. The lowest BCUT2D eigenvalue weighted by Crippen LogP contribution is -2.27. The summed E-state index contributed by atoms with van der Waals surface area (Å²) >= 11 is 0. The Morgan fingerprint density at radius 1 is 0.541 bits per heavy atom. The van der Waals surface area contributed by atoms with Gasteiger partial charge in [0.25, 0.3) is 0 Å². The van der Waals surface area contributed by atoms with Gasteiger partial charge in [-0.1, -0.05) is 124 Å². The Kier molecular flexibility index (Phi) is 14.2. The van der Waals surface area contributed by atoms with E-state index in [2.05, 4.69) is 65.8 Å². The molecule has 0 saturated carbocycles. The average molecular weight is 509 g/mol. The van der Waals surface area contributed by atoms with Gasteiger partial charge in [-0.25, -0.2) is 0 Å². The number of rotatable bonds is 18. The Balaban J connectivity index is 2.38. The van der Waals surface area contributed by atoms with Crippen molar-refractivity contribution in [3.8, 4) is 11.5 Å². The van der Waals surface area contributed by atoms with Crippen molar-refractivity contribution < 1.29 is 10.2 Å². The minimum absolute atomic E-state index is 0.352. The Morgan fingerprint density at radius 2 is 0.973 bits per heavy atom. The fourth-order valence-electron chi connectivity index (χ4n) is 6.62. The Bertz CT molecular complexity index is 841. The summed E-state index contributed by atoms with van der Waals surface area (Å²) in [6.07, 6.45) is 14.0. The van der Waals surface area contributed by atoms with E-state index in [1.165, 1.54) is 75.3 Å².